The number of rotatable bonds is 13. The van der Waals surface area contributed by atoms with Gasteiger partial charge in [-0.15, -0.1) is 0 Å². The molecule has 10 heteroatoms. The molecule has 41 heavy (non-hydrogen) atoms. The molecule has 1 atom stereocenters. The molecule has 0 bridgehead atoms. The predicted molar refractivity (Wildman–Crippen MR) is 161 cm³/mol. The molecule has 1 amide bonds. The van der Waals surface area contributed by atoms with Crippen LogP contribution in [-0.4, -0.2) is 75.4 Å². The lowest BCUT2D eigenvalue weighted by atomic mass is 9.88. The lowest BCUT2D eigenvalue weighted by Crippen LogP contribution is -2.39. The minimum absolute atomic E-state index is 0.112. The highest BCUT2D eigenvalue weighted by molar-refractivity contribution is 7.89. The number of aromatic amines is 1. The van der Waals surface area contributed by atoms with Crippen LogP contribution in [0.25, 0.3) is 22.0 Å². The molecule has 2 saturated heterocycles. The molecule has 0 unspecified atom stereocenters. The number of aromatic nitrogens is 1. The van der Waals surface area contributed by atoms with Crippen molar-refractivity contribution >= 4 is 26.8 Å². The fourth-order valence-corrected chi connectivity index (χ4v) is 7.67. The maximum atomic E-state index is 12.8. The van der Waals surface area contributed by atoms with Crippen LogP contribution in [0.5, 0.6) is 0 Å². The standard InChI is InChI=1S/C31H42N4O5S/c1-39-12-4-14-41(37,38)35-10-8-23(9-11-35)29-21-34-31-26(18-30(32)36)16-25(17-28(29)31)24-6-2-5-22(15-24)19-33-20-27-7-3-13-40-27/h2,5-6,15-17,21,23,27,33-34H,3-4,7-14,18-20H2,1H3,(H2,32,36)/t27-/m1/s1. The Kier molecular flexibility index (Phi) is 9.77. The van der Waals surface area contributed by atoms with E-state index in [1.807, 2.05) is 6.20 Å². The largest absolute Gasteiger partial charge is 0.385 e. The van der Waals surface area contributed by atoms with Crippen molar-refractivity contribution in [3.05, 3.63) is 59.3 Å². The molecule has 3 heterocycles. The Hall–Kier alpha value is -2.76. The maximum absolute atomic E-state index is 12.8. The molecule has 2 aliphatic rings. The Morgan fingerprint density at radius 2 is 2.00 bits per heavy atom. The Morgan fingerprint density at radius 3 is 2.73 bits per heavy atom. The van der Waals surface area contributed by atoms with E-state index in [0.717, 1.165) is 73.0 Å². The Morgan fingerprint density at radius 1 is 1.17 bits per heavy atom. The number of hydrogen-bond donors (Lipinski definition) is 3. The van der Waals surface area contributed by atoms with Crippen LogP contribution in [-0.2, 0) is 37.3 Å². The van der Waals surface area contributed by atoms with Crippen LogP contribution in [0.2, 0.25) is 0 Å². The summed E-state index contributed by atoms with van der Waals surface area (Å²) in [6, 6.07) is 12.7. The first-order valence-electron chi connectivity index (χ1n) is 14.6. The number of piperidine rings is 1. The molecule has 4 N–H and O–H groups in total. The van der Waals surface area contributed by atoms with Gasteiger partial charge in [0, 0.05) is 63.6 Å². The van der Waals surface area contributed by atoms with E-state index in [2.05, 4.69) is 46.7 Å². The van der Waals surface area contributed by atoms with Crippen molar-refractivity contribution in [2.45, 2.75) is 57.1 Å². The molecule has 2 aromatic carbocycles. The number of methoxy groups -OCH3 is 1. The van der Waals surface area contributed by atoms with Crippen LogP contribution < -0.4 is 11.1 Å². The van der Waals surface area contributed by atoms with Crippen molar-refractivity contribution in [2.24, 2.45) is 5.73 Å². The molecule has 2 fully saturated rings. The number of ether oxygens (including phenoxy) is 2. The molecule has 0 spiro atoms. The van der Waals surface area contributed by atoms with Crippen molar-refractivity contribution in [1.29, 1.82) is 0 Å². The van der Waals surface area contributed by atoms with Gasteiger partial charge in [-0.3, -0.25) is 4.79 Å². The first-order valence-corrected chi connectivity index (χ1v) is 16.3. The fraction of sp³-hybridized carbons (Fsp3) is 0.516. The number of carbonyl (C=O) groups excluding carboxylic acids is 1. The zero-order chi connectivity index (χ0) is 28.8. The number of benzene rings is 2. The van der Waals surface area contributed by atoms with E-state index >= 15 is 0 Å². The van der Waals surface area contributed by atoms with Gasteiger partial charge in [0.15, 0.2) is 0 Å². The van der Waals surface area contributed by atoms with E-state index in [9.17, 15) is 13.2 Å². The number of primary amides is 1. The topological polar surface area (TPSA) is 127 Å². The number of nitrogens with one attached hydrogen (secondary N) is 2. The quantitative estimate of drug-likeness (QED) is 0.264. The van der Waals surface area contributed by atoms with Gasteiger partial charge in [0.25, 0.3) is 0 Å². The van der Waals surface area contributed by atoms with Gasteiger partial charge in [-0.05, 0) is 84.0 Å². The van der Waals surface area contributed by atoms with Crippen molar-refractivity contribution in [1.82, 2.24) is 14.6 Å². The molecule has 0 aliphatic carbocycles. The van der Waals surface area contributed by atoms with E-state index in [4.69, 9.17) is 15.2 Å². The summed E-state index contributed by atoms with van der Waals surface area (Å²) < 4.78 is 37.9. The second-order valence-corrected chi connectivity index (χ2v) is 13.3. The van der Waals surface area contributed by atoms with Crippen molar-refractivity contribution in [3.63, 3.8) is 0 Å². The lowest BCUT2D eigenvalue weighted by molar-refractivity contribution is -0.117. The lowest BCUT2D eigenvalue weighted by Gasteiger charge is -2.31. The summed E-state index contributed by atoms with van der Waals surface area (Å²) >= 11 is 0. The summed E-state index contributed by atoms with van der Waals surface area (Å²) in [4.78, 5) is 15.4. The molecule has 5 rings (SSSR count). The van der Waals surface area contributed by atoms with Crippen molar-refractivity contribution in [2.75, 3.05) is 45.7 Å². The summed E-state index contributed by atoms with van der Waals surface area (Å²) in [5.41, 5.74) is 11.9. The molecular weight excluding hydrogens is 540 g/mol. The Labute approximate surface area is 242 Å². The second kappa shape index (κ2) is 13.5. The van der Waals surface area contributed by atoms with Crippen LogP contribution in [0.4, 0.5) is 0 Å². The fourth-order valence-electron chi connectivity index (χ4n) is 6.16. The third-order valence-electron chi connectivity index (χ3n) is 8.29. The van der Waals surface area contributed by atoms with Crippen molar-refractivity contribution in [3.8, 4) is 11.1 Å². The van der Waals surface area contributed by atoms with Crippen LogP contribution in [0.3, 0.4) is 0 Å². The summed E-state index contributed by atoms with van der Waals surface area (Å²) in [6.07, 6.45) is 6.70. The molecule has 1 aromatic heterocycles. The maximum Gasteiger partial charge on any atom is 0.221 e. The monoisotopic (exact) mass is 582 g/mol. The number of fused-ring (bicyclic) bond motifs is 1. The second-order valence-electron chi connectivity index (χ2n) is 11.2. The molecular formula is C31H42N4O5S. The first kappa shape index (κ1) is 29.7. The van der Waals surface area contributed by atoms with Gasteiger partial charge < -0.3 is 25.5 Å². The summed E-state index contributed by atoms with van der Waals surface area (Å²) in [6.45, 7) is 3.90. The van der Waals surface area contributed by atoms with E-state index in [1.54, 1.807) is 11.4 Å². The highest BCUT2D eigenvalue weighted by Crippen LogP contribution is 2.37. The van der Waals surface area contributed by atoms with E-state index < -0.39 is 10.0 Å². The van der Waals surface area contributed by atoms with Crippen LogP contribution in [0, 0.1) is 0 Å². The number of amides is 1. The minimum Gasteiger partial charge on any atom is -0.385 e. The van der Waals surface area contributed by atoms with Crippen LogP contribution in [0.1, 0.15) is 54.7 Å². The predicted octanol–water partition coefficient (Wildman–Crippen LogP) is 3.68. The molecule has 3 aromatic rings. The number of H-pyrrole nitrogens is 1. The normalized spacial score (nSPS) is 18.8. The Balaban J connectivity index is 1.36. The number of carbonyl (C=O) groups is 1. The average molecular weight is 583 g/mol. The van der Waals surface area contributed by atoms with Crippen LogP contribution in [0.15, 0.2) is 42.6 Å². The van der Waals surface area contributed by atoms with Gasteiger partial charge >= 0.3 is 0 Å². The highest BCUT2D eigenvalue weighted by atomic mass is 32.2. The van der Waals surface area contributed by atoms with Gasteiger partial charge in [-0.1, -0.05) is 18.2 Å². The van der Waals surface area contributed by atoms with Gasteiger partial charge in [0.1, 0.15) is 0 Å². The summed E-state index contributed by atoms with van der Waals surface area (Å²) in [5.74, 6) is -0.0423. The zero-order valence-electron chi connectivity index (χ0n) is 23.9. The Bertz CT molecular complexity index is 1440. The smallest absolute Gasteiger partial charge is 0.221 e. The van der Waals surface area contributed by atoms with E-state index in [0.29, 0.717) is 32.2 Å². The van der Waals surface area contributed by atoms with Gasteiger partial charge in [-0.2, -0.15) is 0 Å². The number of sulfonamides is 1. The van der Waals surface area contributed by atoms with E-state index in [-0.39, 0.29) is 24.0 Å². The van der Waals surface area contributed by atoms with Gasteiger partial charge in [0.05, 0.1) is 18.3 Å². The molecule has 2 aliphatic heterocycles. The number of nitrogens with two attached hydrogens (primary N) is 1. The average Bonchev–Trinajstić information content (AvgIpc) is 3.64. The number of nitrogens with zero attached hydrogens (tertiary/aromatic N) is 1. The third kappa shape index (κ3) is 7.37. The molecule has 0 radical (unpaired) electrons. The SMILES string of the molecule is COCCCS(=O)(=O)N1CCC(c2c[nH]c3c(CC(N)=O)cc(-c4cccc(CNC[C@H]5CCCO5)c4)cc23)CC1. The number of hydrogen-bond acceptors (Lipinski definition) is 6. The highest BCUT2D eigenvalue weighted by Gasteiger charge is 2.30. The first-order chi connectivity index (χ1) is 19.8. The summed E-state index contributed by atoms with van der Waals surface area (Å²) in [5, 5.41) is 4.59. The molecule has 9 nitrogen and oxygen atoms in total. The minimum atomic E-state index is -3.29. The van der Waals surface area contributed by atoms with E-state index in [1.165, 1.54) is 11.1 Å². The summed E-state index contributed by atoms with van der Waals surface area (Å²) in [7, 11) is -1.70. The van der Waals surface area contributed by atoms with Crippen LogP contribution >= 0.6 is 0 Å². The zero-order valence-corrected chi connectivity index (χ0v) is 24.7. The van der Waals surface area contributed by atoms with Crippen molar-refractivity contribution < 1.29 is 22.7 Å². The third-order valence-corrected chi connectivity index (χ3v) is 10.2. The molecule has 0 saturated carbocycles. The molecule has 222 valence electrons. The van der Waals surface area contributed by atoms with Gasteiger partial charge in [0.2, 0.25) is 15.9 Å². The van der Waals surface area contributed by atoms with Gasteiger partial charge in [-0.25, -0.2) is 12.7 Å².